The summed E-state index contributed by atoms with van der Waals surface area (Å²) in [6, 6.07) is 1.02. The second kappa shape index (κ2) is 5.17. The number of nitrogens with zero attached hydrogens (tertiary/aromatic N) is 2. The molecular formula is C14H24N2O2. The van der Waals surface area contributed by atoms with Gasteiger partial charge in [-0.05, 0) is 25.7 Å². The van der Waals surface area contributed by atoms with Crippen molar-refractivity contribution < 1.29 is 9.53 Å². The fourth-order valence-corrected chi connectivity index (χ4v) is 3.32. The van der Waals surface area contributed by atoms with E-state index < -0.39 is 0 Å². The number of hydrogen-bond acceptors (Lipinski definition) is 3. The number of carbonyl (C=O) groups excluding carboxylic acids is 1. The predicted octanol–water partition coefficient (Wildman–Crippen LogP) is 1.25. The summed E-state index contributed by atoms with van der Waals surface area (Å²) >= 11 is 0. The van der Waals surface area contributed by atoms with Gasteiger partial charge in [-0.15, -0.1) is 0 Å². The van der Waals surface area contributed by atoms with Gasteiger partial charge in [0.25, 0.3) is 0 Å². The van der Waals surface area contributed by atoms with Gasteiger partial charge >= 0.3 is 0 Å². The van der Waals surface area contributed by atoms with E-state index in [0.717, 1.165) is 13.2 Å². The van der Waals surface area contributed by atoms with E-state index in [1.807, 2.05) is 11.9 Å². The van der Waals surface area contributed by atoms with Gasteiger partial charge in [0.1, 0.15) is 0 Å². The number of carbonyl (C=O) groups is 1. The third-order valence-corrected chi connectivity index (χ3v) is 4.67. The monoisotopic (exact) mass is 252 g/mol. The lowest BCUT2D eigenvalue weighted by Crippen LogP contribution is -2.55. The first kappa shape index (κ1) is 12.4. The Hall–Kier alpha value is -0.610. The van der Waals surface area contributed by atoms with E-state index in [-0.39, 0.29) is 0 Å². The molecule has 1 heterocycles. The molecule has 1 aliphatic heterocycles. The zero-order chi connectivity index (χ0) is 12.5. The van der Waals surface area contributed by atoms with Crippen molar-refractivity contribution in [3.05, 3.63) is 0 Å². The van der Waals surface area contributed by atoms with Crippen molar-refractivity contribution in [1.82, 2.24) is 9.80 Å². The summed E-state index contributed by atoms with van der Waals surface area (Å²) in [6.07, 6.45) is 7.71. The van der Waals surface area contributed by atoms with Crippen LogP contribution in [0.2, 0.25) is 0 Å². The average Bonchev–Trinajstić information content (AvgIpc) is 3.22. The third-order valence-electron chi connectivity index (χ3n) is 4.67. The van der Waals surface area contributed by atoms with Crippen LogP contribution in [0.15, 0.2) is 0 Å². The van der Waals surface area contributed by atoms with Gasteiger partial charge in [-0.1, -0.05) is 12.8 Å². The van der Waals surface area contributed by atoms with Crippen LogP contribution >= 0.6 is 0 Å². The minimum absolute atomic E-state index is 0.295. The summed E-state index contributed by atoms with van der Waals surface area (Å²) in [7, 11) is 1.96. The van der Waals surface area contributed by atoms with Crippen LogP contribution in [0, 0.1) is 0 Å². The molecule has 0 N–H and O–H groups in total. The van der Waals surface area contributed by atoms with Crippen LogP contribution in [0.4, 0.5) is 0 Å². The Morgan fingerprint density at radius 1 is 1.28 bits per heavy atom. The molecule has 3 fully saturated rings. The molecule has 1 amide bonds. The SMILES string of the molecule is CN(C(=O)CN1CCOC2CCCCC21)C1CC1. The van der Waals surface area contributed by atoms with Crippen LogP contribution in [0.1, 0.15) is 38.5 Å². The molecule has 3 rings (SSSR count). The lowest BCUT2D eigenvalue weighted by Gasteiger charge is -2.43. The molecule has 0 aromatic rings. The largest absolute Gasteiger partial charge is 0.375 e. The fourth-order valence-electron chi connectivity index (χ4n) is 3.32. The minimum atomic E-state index is 0.295. The van der Waals surface area contributed by atoms with Crippen LogP contribution in [0.3, 0.4) is 0 Å². The highest BCUT2D eigenvalue weighted by molar-refractivity contribution is 5.78. The molecule has 1 saturated heterocycles. The molecule has 0 bridgehead atoms. The number of likely N-dealkylation sites (N-methyl/N-ethyl adjacent to an activating group) is 1. The lowest BCUT2D eigenvalue weighted by molar-refractivity contribution is -0.138. The molecule has 0 spiro atoms. The molecular weight excluding hydrogens is 228 g/mol. The smallest absolute Gasteiger partial charge is 0.236 e. The summed E-state index contributed by atoms with van der Waals surface area (Å²) in [4.78, 5) is 16.5. The van der Waals surface area contributed by atoms with Gasteiger partial charge in [-0.2, -0.15) is 0 Å². The van der Waals surface area contributed by atoms with Crippen molar-refractivity contribution in [2.45, 2.75) is 56.7 Å². The number of morpholine rings is 1. The molecule has 2 saturated carbocycles. The quantitative estimate of drug-likeness (QED) is 0.758. The predicted molar refractivity (Wildman–Crippen MR) is 69.4 cm³/mol. The molecule has 0 radical (unpaired) electrons. The number of ether oxygens (including phenoxy) is 1. The molecule has 3 aliphatic rings. The van der Waals surface area contributed by atoms with Crippen molar-refractivity contribution in [1.29, 1.82) is 0 Å². The minimum Gasteiger partial charge on any atom is -0.375 e. The second-order valence-electron chi connectivity index (χ2n) is 5.97. The lowest BCUT2D eigenvalue weighted by atomic mass is 9.90. The maximum Gasteiger partial charge on any atom is 0.236 e. The second-order valence-corrected chi connectivity index (χ2v) is 5.97. The van der Waals surface area contributed by atoms with Gasteiger partial charge in [0.05, 0.1) is 19.3 Å². The Balaban J connectivity index is 1.58. The maximum absolute atomic E-state index is 12.2. The van der Waals surface area contributed by atoms with Crippen LogP contribution in [0.5, 0.6) is 0 Å². The van der Waals surface area contributed by atoms with Crippen LogP contribution in [0.25, 0.3) is 0 Å². The summed E-state index contributed by atoms with van der Waals surface area (Å²) in [5, 5.41) is 0. The van der Waals surface area contributed by atoms with E-state index in [0.29, 0.717) is 30.6 Å². The third kappa shape index (κ3) is 2.54. The summed E-state index contributed by atoms with van der Waals surface area (Å²) in [6.45, 7) is 2.31. The Morgan fingerprint density at radius 2 is 2.06 bits per heavy atom. The molecule has 4 heteroatoms. The number of fused-ring (bicyclic) bond motifs is 1. The van der Waals surface area contributed by atoms with Crippen molar-refractivity contribution in [3.63, 3.8) is 0 Å². The van der Waals surface area contributed by atoms with Gasteiger partial charge in [-0.3, -0.25) is 9.69 Å². The Morgan fingerprint density at radius 3 is 2.83 bits per heavy atom. The summed E-state index contributed by atoms with van der Waals surface area (Å²) in [5.41, 5.74) is 0. The molecule has 2 atom stereocenters. The first-order valence-electron chi connectivity index (χ1n) is 7.37. The first-order chi connectivity index (χ1) is 8.75. The molecule has 0 aromatic heterocycles. The zero-order valence-corrected chi connectivity index (χ0v) is 11.3. The van der Waals surface area contributed by atoms with E-state index >= 15 is 0 Å². The van der Waals surface area contributed by atoms with Crippen molar-refractivity contribution in [3.8, 4) is 0 Å². The van der Waals surface area contributed by atoms with Crippen LogP contribution < -0.4 is 0 Å². The Labute approximate surface area is 109 Å². The maximum atomic E-state index is 12.2. The van der Waals surface area contributed by atoms with Crippen LogP contribution in [-0.4, -0.2) is 60.6 Å². The standard InChI is InChI=1S/C14H24N2O2/c1-15(11-6-7-11)14(17)10-16-8-9-18-13-5-3-2-4-12(13)16/h11-13H,2-10H2,1H3. The molecule has 2 aliphatic carbocycles. The number of hydrogen-bond donors (Lipinski definition) is 0. The van der Waals surface area contributed by atoms with Crippen molar-refractivity contribution in [2.75, 3.05) is 26.7 Å². The molecule has 2 unspecified atom stereocenters. The summed E-state index contributed by atoms with van der Waals surface area (Å²) in [5.74, 6) is 0.295. The van der Waals surface area contributed by atoms with E-state index in [2.05, 4.69) is 4.90 Å². The van der Waals surface area contributed by atoms with E-state index in [4.69, 9.17) is 4.74 Å². The van der Waals surface area contributed by atoms with E-state index in [9.17, 15) is 4.79 Å². The topological polar surface area (TPSA) is 32.8 Å². The average molecular weight is 252 g/mol. The van der Waals surface area contributed by atoms with Gasteiger partial charge < -0.3 is 9.64 Å². The van der Waals surface area contributed by atoms with Gasteiger partial charge in [0.15, 0.2) is 0 Å². The van der Waals surface area contributed by atoms with Crippen molar-refractivity contribution in [2.24, 2.45) is 0 Å². The highest BCUT2D eigenvalue weighted by Crippen LogP contribution is 2.29. The molecule has 102 valence electrons. The van der Waals surface area contributed by atoms with Crippen LogP contribution in [-0.2, 0) is 9.53 Å². The fraction of sp³-hybridized carbons (Fsp3) is 0.929. The molecule has 18 heavy (non-hydrogen) atoms. The van der Waals surface area contributed by atoms with Gasteiger partial charge in [0, 0.05) is 25.7 Å². The Bertz CT molecular complexity index is 315. The van der Waals surface area contributed by atoms with E-state index in [1.165, 1.54) is 38.5 Å². The molecule has 0 aromatic carbocycles. The highest BCUT2D eigenvalue weighted by atomic mass is 16.5. The van der Waals surface area contributed by atoms with Crippen molar-refractivity contribution >= 4 is 5.91 Å². The summed E-state index contributed by atoms with van der Waals surface area (Å²) < 4.78 is 5.85. The van der Waals surface area contributed by atoms with Gasteiger partial charge in [-0.25, -0.2) is 0 Å². The van der Waals surface area contributed by atoms with E-state index in [1.54, 1.807) is 0 Å². The molecule has 4 nitrogen and oxygen atoms in total. The first-order valence-corrected chi connectivity index (χ1v) is 7.37. The zero-order valence-electron chi connectivity index (χ0n) is 11.3. The van der Waals surface area contributed by atoms with Gasteiger partial charge in [0.2, 0.25) is 5.91 Å². The highest BCUT2D eigenvalue weighted by Gasteiger charge is 2.36. The normalized spacial score (nSPS) is 32.9. The number of rotatable bonds is 3. The number of amides is 1. The Kier molecular flexibility index (Phi) is 3.57.